The molecule has 0 spiro atoms. The average Bonchev–Trinajstić information content (AvgIpc) is 2.30. The Morgan fingerprint density at radius 2 is 1.89 bits per heavy atom. The summed E-state index contributed by atoms with van der Waals surface area (Å²) in [6, 6.07) is 1.07. The summed E-state index contributed by atoms with van der Waals surface area (Å²) in [7, 11) is 4.23. The highest BCUT2D eigenvalue weighted by Gasteiger charge is 2.20. The SMILES string of the molecule is CCN(C(=S)NC1CCCCC1)C(C)CN(C)C. The monoisotopic (exact) mass is 271 g/mol. The van der Waals surface area contributed by atoms with Gasteiger partial charge < -0.3 is 15.1 Å². The molecule has 0 saturated heterocycles. The Balaban J connectivity index is 2.45. The first-order valence-electron chi connectivity index (χ1n) is 7.26. The second-order valence-corrected chi connectivity index (χ2v) is 6.07. The van der Waals surface area contributed by atoms with E-state index < -0.39 is 0 Å². The minimum absolute atomic E-state index is 0.466. The molecule has 0 heterocycles. The van der Waals surface area contributed by atoms with Crippen LogP contribution < -0.4 is 5.32 Å². The highest BCUT2D eigenvalue weighted by molar-refractivity contribution is 7.80. The second kappa shape index (κ2) is 7.95. The van der Waals surface area contributed by atoms with Crippen LogP contribution in [-0.2, 0) is 0 Å². The van der Waals surface area contributed by atoms with E-state index in [1.165, 1.54) is 32.1 Å². The van der Waals surface area contributed by atoms with Gasteiger partial charge in [-0.15, -0.1) is 0 Å². The predicted molar refractivity (Wildman–Crippen MR) is 83.0 cm³/mol. The van der Waals surface area contributed by atoms with Gasteiger partial charge >= 0.3 is 0 Å². The van der Waals surface area contributed by atoms with Crippen molar-refractivity contribution in [2.24, 2.45) is 0 Å². The molecule has 1 N–H and O–H groups in total. The number of rotatable bonds is 5. The van der Waals surface area contributed by atoms with Crippen molar-refractivity contribution in [2.75, 3.05) is 27.2 Å². The van der Waals surface area contributed by atoms with Gasteiger partial charge in [-0.2, -0.15) is 0 Å². The summed E-state index contributed by atoms with van der Waals surface area (Å²) >= 11 is 5.58. The molecule has 0 aromatic rings. The van der Waals surface area contributed by atoms with Crippen LogP contribution >= 0.6 is 12.2 Å². The zero-order valence-corrected chi connectivity index (χ0v) is 13.2. The molecule has 4 heteroatoms. The van der Waals surface area contributed by atoms with Gasteiger partial charge in [0.2, 0.25) is 0 Å². The van der Waals surface area contributed by atoms with E-state index in [1.54, 1.807) is 0 Å². The maximum absolute atomic E-state index is 5.58. The van der Waals surface area contributed by atoms with E-state index in [-0.39, 0.29) is 0 Å². The Labute approximate surface area is 118 Å². The van der Waals surface area contributed by atoms with Gasteiger partial charge in [0.15, 0.2) is 5.11 Å². The van der Waals surface area contributed by atoms with Gasteiger partial charge in [-0.25, -0.2) is 0 Å². The predicted octanol–water partition coefficient (Wildman–Crippen LogP) is 2.47. The minimum Gasteiger partial charge on any atom is -0.360 e. The van der Waals surface area contributed by atoms with Gasteiger partial charge in [0, 0.05) is 25.2 Å². The lowest BCUT2D eigenvalue weighted by Crippen LogP contribution is -2.51. The van der Waals surface area contributed by atoms with Crippen molar-refractivity contribution in [1.82, 2.24) is 15.1 Å². The van der Waals surface area contributed by atoms with Crippen molar-refractivity contribution in [1.29, 1.82) is 0 Å². The second-order valence-electron chi connectivity index (χ2n) is 5.68. The van der Waals surface area contributed by atoms with Crippen molar-refractivity contribution in [3.63, 3.8) is 0 Å². The van der Waals surface area contributed by atoms with Gasteiger partial charge in [-0.1, -0.05) is 19.3 Å². The molecule has 3 nitrogen and oxygen atoms in total. The zero-order valence-electron chi connectivity index (χ0n) is 12.4. The third kappa shape index (κ3) is 5.11. The van der Waals surface area contributed by atoms with E-state index in [9.17, 15) is 0 Å². The normalized spacial score (nSPS) is 18.7. The summed E-state index contributed by atoms with van der Waals surface area (Å²) in [5.41, 5.74) is 0. The van der Waals surface area contributed by atoms with Gasteiger partial charge in [-0.3, -0.25) is 0 Å². The molecule has 1 fully saturated rings. The Morgan fingerprint density at radius 3 is 2.39 bits per heavy atom. The third-order valence-corrected chi connectivity index (χ3v) is 4.05. The molecule has 1 atom stereocenters. The molecular weight excluding hydrogens is 242 g/mol. The van der Waals surface area contributed by atoms with Crippen molar-refractivity contribution in [3.05, 3.63) is 0 Å². The Hall–Kier alpha value is -0.350. The number of likely N-dealkylation sites (N-methyl/N-ethyl adjacent to an activating group) is 2. The van der Waals surface area contributed by atoms with Crippen LogP contribution in [0, 0.1) is 0 Å². The fraction of sp³-hybridized carbons (Fsp3) is 0.929. The summed E-state index contributed by atoms with van der Waals surface area (Å²) in [4.78, 5) is 4.53. The summed E-state index contributed by atoms with van der Waals surface area (Å²) in [6.45, 7) is 6.45. The first-order chi connectivity index (χ1) is 8.54. The smallest absolute Gasteiger partial charge is 0.169 e. The van der Waals surface area contributed by atoms with Gasteiger partial charge in [0.05, 0.1) is 0 Å². The molecule has 1 unspecified atom stereocenters. The topological polar surface area (TPSA) is 18.5 Å². The number of hydrogen-bond acceptors (Lipinski definition) is 2. The molecule has 0 aromatic heterocycles. The molecule has 0 aromatic carbocycles. The van der Waals surface area contributed by atoms with Gasteiger partial charge in [0.1, 0.15) is 0 Å². The molecule has 0 amide bonds. The largest absolute Gasteiger partial charge is 0.360 e. The number of hydrogen-bond donors (Lipinski definition) is 1. The fourth-order valence-corrected chi connectivity index (χ4v) is 3.26. The van der Waals surface area contributed by atoms with Gasteiger partial charge in [-0.05, 0) is 53.0 Å². The van der Waals surface area contributed by atoms with Crippen LogP contribution in [0.1, 0.15) is 46.0 Å². The third-order valence-electron chi connectivity index (χ3n) is 3.70. The zero-order chi connectivity index (χ0) is 13.5. The van der Waals surface area contributed by atoms with E-state index in [2.05, 4.69) is 43.1 Å². The minimum atomic E-state index is 0.466. The first-order valence-corrected chi connectivity index (χ1v) is 7.67. The first kappa shape index (κ1) is 15.7. The summed E-state index contributed by atoms with van der Waals surface area (Å²) in [6.07, 6.45) is 6.64. The molecule has 0 radical (unpaired) electrons. The molecule has 106 valence electrons. The van der Waals surface area contributed by atoms with E-state index >= 15 is 0 Å². The van der Waals surface area contributed by atoms with Crippen LogP contribution in [0.4, 0.5) is 0 Å². The van der Waals surface area contributed by atoms with Crippen LogP contribution in [-0.4, -0.2) is 54.2 Å². The lowest BCUT2D eigenvalue weighted by molar-refractivity contribution is 0.257. The fourth-order valence-electron chi connectivity index (χ4n) is 2.79. The maximum Gasteiger partial charge on any atom is 0.169 e. The van der Waals surface area contributed by atoms with Crippen molar-refractivity contribution in [3.8, 4) is 0 Å². The molecule has 18 heavy (non-hydrogen) atoms. The van der Waals surface area contributed by atoms with Crippen LogP contribution in [0.2, 0.25) is 0 Å². The summed E-state index contributed by atoms with van der Waals surface area (Å²) < 4.78 is 0. The van der Waals surface area contributed by atoms with Crippen LogP contribution in [0.5, 0.6) is 0 Å². The van der Waals surface area contributed by atoms with Gasteiger partial charge in [0.25, 0.3) is 0 Å². The molecule has 1 saturated carbocycles. The highest BCUT2D eigenvalue weighted by Crippen LogP contribution is 2.17. The average molecular weight is 271 g/mol. The molecule has 0 bridgehead atoms. The lowest BCUT2D eigenvalue weighted by atomic mass is 9.96. The summed E-state index contributed by atoms with van der Waals surface area (Å²) in [5, 5.41) is 4.51. The number of nitrogens with one attached hydrogen (secondary N) is 1. The Bertz CT molecular complexity index is 249. The van der Waals surface area contributed by atoms with Crippen molar-refractivity contribution < 1.29 is 0 Å². The lowest BCUT2D eigenvalue weighted by Gasteiger charge is -2.35. The molecular formula is C14H29N3S. The number of thiocarbonyl (C=S) groups is 1. The molecule has 1 rings (SSSR count). The van der Waals surface area contributed by atoms with E-state index in [0.29, 0.717) is 12.1 Å². The standard InChI is InChI=1S/C14H29N3S/c1-5-17(12(2)11-16(3)4)14(18)15-13-9-7-6-8-10-13/h12-13H,5-11H2,1-4H3,(H,15,18). The maximum atomic E-state index is 5.58. The van der Waals surface area contributed by atoms with E-state index in [1.807, 2.05) is 0 Å². The van der Waals surface area contributed by atoms with E-state index in [0.717, 1.165) is 18.2 Å². The van der Waals surface area contributed by atoms with Crippen LogP contribution in [0.15, 0.2) is 0 Å². The molecule has 1 aliphatic rings. The summed E-state index contributed by atoms with van der Waals surface area (Å²) in [5.74, 6) is 0. The highest BCUT2D eigenvalue weighted by atomic mass is 32.1. The Kier molecular flexibility index (Phi) is 6.94. The van der Waals surface area contributed by atoms with Crippen molar-refractivity contribution >= 4 is 17.3 Å². The van der Waals surface area contributed by atoms with Crippen LogP contribution in [0.25, 0.3) is 0 Å². The van der Waals surface area contributed by atoms with Crippen LogP contribution in [0.3, 0.4) is 0 Å². The quantitative estimate of drug-likeness (QED) is 0.774. The Morgan fingerprint density at radius 1 is 1.28 bits per heavy atom. The number of nitrogens with zero attached hydrogens (tertiary/aromatic N) is 2. The molecule has 0 aliphatic heterocycles. The van der Waals surface area contributed by atoms with E-state index in [4.69, 9.17) is 12.2 Å². The molecule has 1 aliphatic carbocycles. The van der Waals surface area contributed by atoms with Crippen molar-refractivity contribution in [2.45, 2.75) is 58.0 Å².